The number of hydrogen-bond acceptors (Lipinski definition) is 5. The summed E-state index contributed by atoms with van der Waals surface area (Å²) >= 11 is 7.16. The topological polar surface area (TPSA) is 59.0 Å². The van der Waals surface area contributed by atoms with Crippen LogP contribution >= 0.6 is 22.9 Å². The van der Waals surface area contributed by atoms with Gasteiger partial charge in [-0.05, 0) is 6.92 Å². The van der Waals surface area contributed by atoms with Gasteiger partial charge in [0.25, 0.3) is 5.91 Å². The SMILES string of the molecule is Cc1ncsc1CN(C)C(=O)c1cnc(Cl)cn1. The zero-order valence-corrected chi connectivity index (χ0v) is 11.5. The van der Waals surface area contributed by atoms with Crippen molar-refractivity contribution in [1.82, 2.24) is 19.9 Å². The number of thiazole rings is 1. The van der Waals surface area contributed by atoms with Gasteiger partial charge < -0.3 is 4.90 Å². The molecule has 5 nitrogen and oxygen atoms in total. The zero-order valence-electron chi connectivity index (χ0n) is 9.92. The van der Waals surface area contributed by atoms with Gasteiger partial charge in [0.05, 0.1) is 30.1 Å². The first-order valence-electron chi connectivity index (χ1n) is 5.20. The van der Waals surface area contributed by atoms with Crippen molar-refractivity contribution >= 4 is 28.8 Å². The summed E-state index contributed by atoms with van der Waals surface area (Å²) in [4.78, 5) is 26.6. The molecule has 2 aromatic heterocycles. The molecule has 0 saturated carbocycles. The minimum Gasteiger partial charge on any atom is -0.335 e. The molecule has 0 saturated heterocycles. The normalized spacial score (nSPS) is 10.4. The molecule has 0 bridgehead atoms. The first-order valence-corrected chi connectivity index (χ1v) is 6.45. The van der Waals surface area contributed by atoms with E-state index in [2.05, 4.69) is 15.0 Å². The Bertz CT molecular complexity index is 554. The second-order valence-electron chi connectivity index (χ2n) is 3.75. The Morgan fingerprint density at radius 2 is 2.17 bits per heavy atom. The van der Waals surface area contributed by atoms with Crippen LogP contribution < -0.4 is 0 Å². The third-order valence-electron chi connectivity index (χ3n) is 2.41. The van der Waals surface area contributed by atoms with Gasteiger partial charge in [0, 0.05) is 11.9 Å². The predicted octanol–water partition coefficient (Wildman–Crippen LogP) is 2.17. The summed E-state index contributed by atoms with van der Waals surface area (Å²) in [5, 5.41) is 0.271. The molecule has 0 aliphatic heterocycles. The van der Waals surface area contributed by atoms with Gasteiger partial charge >= 0.3 is 0 Å². The summed E-state index contributed by atoms with van der Waals surface area (Å²) in [5.74, 6) is -0.188. The number of carbonyl (C=O) groups excluding carboxylic acids is 1. The molecule has 0 atom stereocenters. The monoisotopic (exact) mass is 282 g/mol. The van der Waals surface area contributed by atoms with Gasteiger partial charge in [-0.3, -0.25) is 4.79 Å². The lowest BCUT2D eigenvalue weighted by Crippen LogP contribution is -2.27. The lowest BCUT2D eigenvalue weighted by Gasteiger charge is -2.15. The van der Waals surface area contributed by atoms with E-state index in [1.807, 2.05) is 6.92 Å². The number of rotatable bonds is 3. The molecule has 0 N–H and O–H groups in total. The van der Waals surface area contributed by atoms with Crippen LogP contribution in [0.25, 0.3) is 0 Å². The van der Waals surface area contributed by atoms with E-state index in [0.29, 0.717) is 6.54 Å². The average molecular weight is 283 g/mol. The summed E-state index contributed by atoms with van der Waals surface area (Å²) < 4.78 is 0. The molecular formula is C11H11ClN4OS. The summed E-state index contributed by atoms with van der Waals surface area (Å²) in [7, 11) is 1.72. The van der Waals surface area contributed by atoms with Crippen LogP contribution in [0.5, 0.6) is 0 Å². The Hall–Kier alpha value is -1.53. The largest absolute Gasteiger partial charge is 0.335 e. The molecule has 0 aliphatic rings. The average Bonchev–Trinajstić information content (AvgIpc) is 2.75. The van der Waals surface area contributed by atoms with Gasteiger partial charge in [-0.25, -0.2) is 15.0 Å². The third-order valence-corrected chi connectivity index (χ3v) is 3.53. The van der Waals surface area contributed by atoms with Crippen molar-refractivity contribution in [2.45, 2.75) is 13.5 Å². The Labute approximate surface area is 113 Å². The van der Waals surface area contributed by atoms with Crippen molar-refractivity contribution in [3.05, 3.63) is 39.3 Å². The Kier molecular flexibility index (Phi) is 3.88. The second kappa shape index (κ2) is 5.41. The van der Waals surface area contributed by atoms with Crippen molar-refractivity contribution in [3.8, 4) is 0 Å². The van der Waals surface area contributed by atoms with Crippen molar-refractivity contribution in [2.24, 2.45) is 0 Å². The fourth-order valence-corrected chi connectivity index (χ4v) is 2.31. The van der Waals surface area contributed by atoms with E-state index >= 15 is 0 Å². The van der Waals surface area contributed by atoms with Crippen LogP contribution in [0.1, 0.15) is 21.1 Å². The highest BCUT2D eigenvalue weighted by molar-refractivity contribution is 7.09. The minimum absolute atomic E-state index is 0.188. The molecule has 2 heterocycles. The molecule has 18 heavy (non-hydrogen) atoms. The Morgan fingerprint density at radius 1 is 1.39 bits per heavy atom. The maximum absolute atomic E-state index is 12.1. The maximum Gasteiger partial charge on any atom is 0.274 e. The van der Waals surface area contributed by atoms with Crippen LogP contribution in [0.2, 0.25) is 5.15 Å². The number of carbonyl (C=O) groups is 1. The molecule has 0 fully saturated rings. The molecule has 0 spiro atoms. The third kappa shape index (κ3) is 2.83. The van der Waals surface area contributed by atoms with Gasteiger partial charge in [0.15, 0.2) is 0 Å². The molecule has 0 aromatic carbocycles. The zero-order chi connectivity index (χ0) is 13.1. The first-order chi connectivity index (χ1) is 8.58. The summed E-state index contributed by atoms with van der Waals surface area (Å²) in [6, 6.07) is 0. The fourth-order valence-electron chi connectivity index (χ4n) is 1.38. The van der Waals surface area contributed by atoms with E-state index in [1.54, 1.807) is 17.5 Å². The molecule has 94 valence electrons. The van der Waals surface area contributed by atoms with E-state index in [1.165, 1.54) is 23.7 Å². The van der Waals surface area contributed by atoms with E-state index < -0.39 is 0 Å². The van der Waals surface area contributed by atoms with Crippen molar-refractivity contribution < 1.29 is 4.79 Å². The minimum atomic E-state index is -0.188. The number of hydrogen-bond donors (Lipinski definition) is 0. The Balaban J connectivity index is 2.09. The van der Waals surface area contributed by atoms with Crippen LogP contribution in [0.4, 0.5) is 0 Å². The van der Waals surface area contributed by atoms with Gasteiger partial charge in [0.1, 0.15) is 10.8 Å². The summed E-state index contributed by atoms with van der Waals surface area (Å²) in [6.45, 7) is 2.44. The molecule has 7 heteroatoms. The summed E-state index contributed by atoms with van der Waals surface area (Å²) in [5.41, 5.74) is 3.00. The number of aromatic nitrogens is 3. The van der Waals surface area contributed by atoms with Crippen LogP contribution in [-0.2, 0) is 6.54 Å². The van der Waals surface area contributed by atoms with Crippen molar-refractivity contribution in [1.29, 1.82) is 0 Å². The highest BCUT2D eigenvalue weighted by Crippen LogP contribution is 2.15. The first kappa shape index (κ1) is 12.9. The molecular weight excluding hydrogens is 272 g/mol. The lowest BCUT2D eigenvalue weighted by atomic mass is 10.3. The number of aryl methyl sites for hydroxylation is 1. The predicted molar refractivity (Wildman–Crippen MR) is 69.7 cm³/mol. The number of amides is 1. The quantitative estimate of drug-likeness (QED) is 0.866. The van der Waals surface area contributed by atoms with E-state index in [0.717, 1.165) is 10.6 Å². The Morgan fingerprint density at radius 3 is 2.72 bits per heavy atom. The van der Waals surface area contributed by atoms with E-state index in [9.17, 15) is 4.79 Å². The molecule has 2 rings (SSSR count). The van der Waals surface area contributed by atoms with E-state index in [-0.39, 0.29) is 16.8 Å². The van der Waals surface area contributed by atoms with Crippen LogP contribution in [-0.4, -0.2) is 32.8 Å². The molecule has 0 radical (unpaired) electrons. The highest BCUT2D eigenvalue weighted by atomic mass is 35.5. The highest BCUT2D eigenvalue weighted by Gasteiger charge is 2.15. The second-order valence-corrected chi connectivity index (χ2v) is 5.07. The molecule has 0 unspecified atom stereocenters. The van der Waals surface area contributed by atoms with Gasteiger partial charge in [-0.1, -0.05) is 11.6 Å². The standard InChI is InChI=1S/C11H11ClN4OS/c1-7-9(18-6-15-7)5-16(2)11(17)8-3-14-10(12)4-13-8/h3-4,6H,5H2,1-2H3. The van der Waals surface area contributed by atoms with Gasteiger partial charge in [-0.2, -0.15) is 0 Å². The molecule has 0 aliphatic carbocycles. The van der Waals surface area contributed by atoms with Gasteiger partial charge in [-0.15, -0.1) is 11.3 Å². The number of nitrogens with zero attached hydrogens (tertiary/aromatic N) is 4. The molecule has 1 amide bonds. The fraction of sp³-hybridized carbons (Fsp3) is 0.273. The van der Waals surface area contributed by atoms with Crippen LogP contribution in [0.3, 0.4) is 0 Å². The lowest BCUT2D eigenvalue weighted by molar-refractivity contribution is 0.0780. The smallest absolute Gasteiger partial charge is 0.274 e. The van der Waals surface area contributed by atoms with Gasteiger partial charge in [0.2, 0.25) is 0 Å². The summed E-state index contributed by atoms with van der Waals surface area (Å²) in [6.07, 6.45) is 2.74. The van der Waals surface area contributed by atoms with E-state index in [4.69, 9.17) is 11.6 Å². The van der Waals surface area contributed by atoms with Crippen LogP contribution in [0.15, 0.2) is 17.9 Å². The van der Waals surface area contributed by atoms with Crippen molar-refractivity contribution in [2.75, 3.05) is 7.05 Å². The number of halogens is 1. The molecule has 2 aromatic rings. The van der Waals surface area contributed by atoms with Crippen molar-refractivity contribution in [3.63, 3.8) is 0 Å². The van der Waals surface area contributed by atoms with Crippen LogP contribution in [0, 0.1) is 6.92 Å². The maximum atomic E-state index is 12.1.